The number of amides is 1. The molecule has 268 valence electrons. The second-order valence-corrected chi connectivity index (χ2v) is 12.5. The zero-order valence-electron chi connectivity index (χ0n) is 30.1. The molecule has 0 aliphatic rings. The van der Waals surface area contributed by atoms with Gasteiger partial charge in [0.25, 0.3) is 0 Å². The number of carboxylic acid groups (broad SMARTS) is 1. The molecule has 0 saturated heterocycles. The van der Waals surface area contributed by atoms with E-state index in [0.29, 0.717) is 12.8 Å². The van der Waals surface area contributed by atoms with E-state index in [1.165, 1.54) is 44.9 Å². The molecule has 1 amide bonds. The van der Waals surface area contributed by atoms with Gasteiger partial charge in [0.05, 0.1) is 0 Å². The van der Waals surface area contributed by atoms with Crippen LogP contribution in [0.3, 0.4) is 0 Å². The molecule has 1 atom stereocenters. The minimum Gasteiger partial charge on any atom is -0.480 e. The lowest BCUT2D eigenvalue weighted by molar-refractivity contribution is -0.150. The number of unbranched alkanes of at least 4 members (excludes halogenated alkanes) is 12. The van der Waals surface area contributed by atoms with Crippen molar-refractivity contribution in [3.63, 3.8) is 0 Å². The lowest BCUT2D eigenvalue weighted by Gasteiger charge is -2.18. The molecule has 0 radical (unpaired) electrons. The van der Waals surface area contributed by atoms with E-state index in [1.54, 1.807) is 0 Å². The summed E-state index contributed by atoms with van der Waals surface area (Å²) in [6.07, 6.45) is 46.2. The second kappa shape index (κ2) is 36.0. The summed E-state index contributed by atoms with van der Waals surface area (Å²) >= 11 is 0. The van der Waals surface area contributed by atoms with Crippen molar-refractivity contribution in [1.29, 1.82) is 0 Å². The van der Waals surface area contributed by atoms with Gasteiger partial charge in [-0.2, -0.15) is 0 Å². The zero-order chi connectivity index (χ0) is 34.5. The van der Waals surface area contributed by atoms with Gasteiger partial charge in [0.2, 0.25) is 5.91 Å². The molecule has 0 aliphatic carbocycles. The summed E-state index contributed by atoms with van der Waals surface area (Å²) in [4.78, 5) is 34.8. The van der Waals surface area contributed by atoms with Crippen molar-refractivity contribution in [2.24, 2.45) is 0 Å². The van der Waals surface area contributed by atoms with Crippen LogP contribution in [-0.4, -0.2) is 35.6 Å². The van der Waals surface area contributed by atoms with Gasteiger partial charge in [-0.1, -0.05) is 139 Å². The van der Waals surface area contributed by atoms with Crippen molar-refractivity contribution in [2.45, 2.75) is 174 Å². The van der Waals surface area contributed by atoms with Crippen LogP contribution in [0, 0.1) is 0 Å². The van der Waals surface area contributed by atoms with E-state index in [0.717, 1.165) is 96.3 Å². The van der Waals surface area contributed by atoms with Gasteiger partial charge in [0, 0.05) is 12.8 Å². The molecule has 6 nitrogen and oxygen atoms in total. The molecular weight excluding hydrogens is 586 g/mol. The minimum atomic E-state index is -1.02. The Balaban J connectivity index is 4.23. The fourth-order valence-corrected chi connectivity index (χ4v) is 5.20. The predicted octanol–water partition coefficient (Wildman–Crippen LogP) is 11.3. The Morgan fingerprint density at radius 3 is 1.55 bits per heavy atom. The van der Waals surface area contributed by atoms with Gasteiger partial charge in [-0.15, -0.1) is 0 Å². The smallest absolute Gasteiger partial charge is 0.322 e. The molecule has 0 bridgehead atoms. The number of nitrogens with one attached hydrogen (secondary N) is 1. The molecule has 0 aromatic heterocycles. The number of rotatable bonds is 33. The van der Waals surface area contributed by atoms with Gasteiger partial charge in [-0.05, 0) is 77.0 Å². The third-order valence-electron chi connectivity index (χ3n) is 7.95. The minimum absolute atomic E-state index is 0.00177. The Labute approximate surface area is 288 Å². The van der Waals surface area contributed by atoms with Crippen molar-refractivity contribution in [3.8, 4) is 0 Å². The van der Waals surface area contributed by atoms with Crippen molar-refractivity contribution >= 4 is 17.8 Å². The van der Waals surface area contributed by atoms with Gasteiger partial charge in [0.1, 0.15) is 12.6 Å². The van der Waals surface area contributed by atoms with E-state index in [4.69, 9.17) is 9.84 Å². The van der Waals surface area contributed by atoms with E-state index in [-0.39, 0.29) is 24.5 Å². The Morgan fingerprint density at radius 2 is 1.04 bits per heavy atom. The van der Waals surface area contributed by atoms with Crippen LogP contribution in [0.1, 0.15) is 168 Å². The molecule has 0 rings (SSSR count). The number of allylic oxidation sites excluding steroid dienone is 10. The average molecular weight is 656 g/mol. The van der Waals surface area contributed by atoms with Crippen LogP contribution in [0.5, 0.6) is 0 Å². The Bertz CT molecular complexity index is 902. The molecule has 0 spiro atoms. The summed E-state index contributed by atoms with van der Waals surface area (Å²) in [5.41, 5.74) is 0. The van der Waals surface area contributed by atoms with Crippen LogP contribution in [0.25, 0.3) is 0 Å². The van der Waals surface area contributed by atoms with Crippen molar-refractivity contribution in [3.05, 3.63) is 60.8 Å². The Hall–Kier alpha value is -2.89. The van der Waals surface area contributed by atoms with Crippen LogP contribution in [0.15, 0.2) is 60.8 Å². The quantitative estimate of drug-likeness (QED) is 0.0417. The first kappa shape index (κ1) is 44.1. The molecule has 0 heterocycles. The SMILES string of the molecule is CC/C=C\C/C=C\C/C=C\C/C=C\C/C=C\CCCC(=O)OC(CCCCCCCCCC)CCCCCCCC(=O)NCC(=O)O. The van der Waals surface area contributed by atoms with Crippen LogP contribution >= 0.6 is 0 Å². The lowest BCUT2D eigenvalue weighted by Crippen LogP contribution is -2.28. The first-order valence-corrected chi connectivity index (χ1v) is 18.9. The van der Waals surface area contributed by atoms with Crippen LogP contribution in [0.4, 0.5) is 0 Å². The summed E-state index contributed by atoms with van der Waals surface area (Å²) in [5, 5.41) is 11.0. The fraction of sp³-hybridized carbons (Fsp3) is 0.683. The third-order valence-corrected chi connectivity index (χ3v) is 7.95. The highest BCUT2D eigenvalue weighted by Gasteiger charge is 2.14. The number of hydrogen-bond donors (Lipinski definition) is 2. The lowest BCUT2D eigenvalue weighted by atomic mass is 10.0. The normalized spacial score (nSPS) is 12.7. The zero-order valence-corrected chi connectivity index (χ0v) is 30.1. The number of ether oxygens (including phenoxy) is 1. The first-order valence-electron chi connectivity index (χ1n) is 18.9. The highest BCUT2D eigenvalue weighted by molar-refractivity contribution is 5.80. The molecule has 47 heavy (non-hydrogen) atoms. The number of hydrogen-bond acceptors (Lipinski definition) is 4. The number of carbonyl (C=O) groups excluding carboxylic acids is 2. The summed E-state index contributed by atoms with van der Waals surface area (Å²) in [6, 6.07) is 0. The Kier molecular flexibility index (Phi) is 33.7. The van der Waals surface area contributed by atoms with E-state index >= 15 is 0 Å². The number of carbonyl (C=O) groups is 3. The average Bonchev–Trinajstić information content (AvgIpc) is 3.05. The van der Waals surface area contributed by atoms with Crippen LogP contribution < -0.4 is 5.32 Å². The maximum absolute atomic E-state index is 12.6. The van der Waals surface area contributed by atoms with Gasteiger partial charge in [0.15, 0.2) is 0 Å². The molecule has 0 aromatic rings. The van der Waals surface area contributed by atoms with E-state index < -0.39 is 5.97 Å². The highest BCUT2D eigenvalue weighted by atomic mass is 16.5. The van der Waals surface area contributed by atoms with Gasteiger partial charge >= 0.3 is 11.9 Å². The second-order valence-electron chi connectivity index (χ2n) is 12.5. The topological polar surface area (TPSA) is 92.7 Å². The largest absolute Gasteiger partial charge is 0.480 e. The summed E-state index contributed by atoms with van der Waals surface area (Å²) in [6.45, 7) is 4.08. The molecule has 0 aromatic carbocycles. The van der Waals surface area contributed by atoms with Crippen molar-refractivity contribution in [2.75, 3.05) is 6.54 Å². The highest BCUT2D eigenvalue weighted by Crippen LogP contribution is 2.18. The van der Waals surface area contributed by atoms with E-state index in [9.17, 15) is 14.4 Å². The van der Waals surface area contributed by atoms with E-state index in [2.05, 4.69) is 79.9 Å². The van der Waals surface area contributed by atoms with E-state index in [1.807, 2.05) is 0 Å². The standard InChI is InChI=1S/C41H69NO5/c1-3-5-7-9-11-13-14-15-16-17-18-19-20-21-23-28-32-36-41(46)47-38(33-29-25-22-12-10-8-6-4-2)34-30-26-24-27-31-35-39(43)42-37-40(44)45/h5,7,11,13,15-16,18-19,21,23,38H,3-4,6,8-10,12,14,17,20,22,24-37H2,1-2H3,(H,42,43)(H,44,45)/b7-5-,13-11-,16-15-,19-18-,23-21-. The predicted molar refractivity (Wildman–Crippen MR) is 198 cm³/mol. The molecular formula is C41H69NO5. The molecule has 6 heteroatoms. The number of carboxylic acids is 1. The van der Waals surface area contributed by atoms with Crippen LogP contribution in [-0.2, 0) is 19.1 Å². The summed E-state index contributed by atoms with van der Waals surface area (Å²) in [5.74, 6) is -1.30. The number of esters is 1. The Morgan fingerprint density at radius 1 is 0.574 bits per heavy atom. The van der Waals surface area contributed by atoms with Gasteiger partial charge < -0.3 is 15.2 Å². The van der Waals surface area contributed by atoms with Crippen LogP contribution in [0.2, 0.25) is 0 Å². The fourth-order valence-electron chi connectivity index (χ4n) is 5.20. The maximum atomic E-state index is 12.6. The molecule has 1 unspecified atom stereocenters. The molecule has 2 N–H and O–H groups in total. The van der Waals surface area contributed by atoms with Crippen molar-refractivity contribution < 1.29 is 24.2 Å². The van der Waals surface area contributed by atoms with Gasteiger partial charge in [-0.3, -0.25) is 14.4 Å². The number of aliphatic carboxylic acids is 1. The first-order chi connectivity index (χ1) is 23.0. The third kappa shape index (κ3) is 35.8. The molecule has 0 saturated carbocycles. The monoisotopic (exact) mass is 656 g/mol. The summed E-state index contributed by atoms with van der Waals surface area (Å²) < 4.78 is 5.96. The molecule has 0 fully saturated rings. The maximum Gasteiger partial charge on any atom is 0.322 e. The summed E-state index contributed by atoms with van der Waals surface area (Å²) in [7, 11) is 0. The molecule has 0 aliphatic heterocycles. The van der Waals surface area contributed by atoms with Gasteiger partial charge in [-0.25, -0.2) is 0 Å². The van der Waals surface area contributed by atoms with Crippen molar-refractivity contribution in [1.82, 2.24) is 5.32 Å².